The lowest BCUT2D eigenvalue weighted by atomic mass is 9.93. The Morgan fingerprint density at radius 3 is 1.88 bits per heavy atom. The highest BCUT2D eigenvalue weighted by atomic mass is 16.6. The minimum Gasteiger partial charge on any atom is -0.460 e. The molecule has 4 nitrogen and oxygen atoms in total. The highest BCUT2D eigenvalue weighted by Crippen LogP contribution is 2.29. The zero-order chi connectivity index (χ0) is 23.7. The summed E-state index contributed by atoms with van der Waals surface area (Å²) >= 11 is 0. The predicted molar refractivity (Wildman–Crippen MR) is 133 cm³/mol. The van der Waals surface area contributed by atoms with Crippen LogP contribution in [0.5, 0.6) is 0 Å². The molecule has 0 saturated carbocycles. The lowest BCUT2D eigenvalue weighted by Gasteiger charge is -2.34. The van der Waals surface area contributed by atoms with Crippen molar-refractivity contribution in [1.29, 1.82) is 0 Å². The van der Waals surface area contributed by atoms with Crippen molar-refractivity contribution in [2.24, 2.45) is 0 Å². The first kappa shape index (κ1) is 24.7. The van der Waals surface area contributed by atoms with E-state index in [1.54, 1.807) is 0 Å². The number of hydrogen-bond donors (Lipinski definition) is 1. The lowest BCUT2D eigenvalue weighted by molar-refractivity contribution is -0.155. The number of nitrogens with zero attached hydrogens (tertiary/aromatic N) is 1. The molecule has 0 aliphatic rings. The maximum absolute atomic E-state index is 12.8. The molecule has 0 spiro atoms. The number of benzene rings is 3. The number of ether oxygens (including phenoxy) is 1. The molecule has 3 aromatic rings. The molecule has 0 radical (unpaired) electrons. The molecule has 4 heteroatoms. The van der Waals surface area contributed by atoms with Gasteiger partial charge in [0.2, 0.25) is 0 Å². The summed E-state index contributed by atoms with van der Waals surface area (Å²) < 4.78 is 5.65. The Morgan fingerprint density at radius 2 is 1.36 bits per heavy atom. The Kier molecular flexibility index (Phi) is 8.81. The monoisotopic (exact) mass is 445 g/mol. The van der Waals surface area contributed by atoms with Crippen LogP contribution in [0.4, 0.5) is 0 Å². The van der Waals surface area contributed by atoms with Crippen molar-refractivity contribution >= 4 is 5.97 Å². The van der Waals surface area contributed by atoms with Gasteiger partial charge in [-0.2, -0.15) is 0 Å². The van der Waals surface area contributed by atoms with Gasteiger partial charge < -0.3 is 9.84 Å². The van der Waals surface area contributed by atoms with E-state index in [2.05, 4.69) is 29.2 Å². The molecule has 3 aromatic carbocycles. The molecule has 0 aliphatic heterocycles. The molecule has 0 saturated heterocycles. The Labute approximate surface area is 197 Å². The number of aliphatic hydroxyl groups excluding tert-OH is 1. The van der Waals surface area contributed by atoms with Gasteiger partial charge in [0.05, 0.1) is 19.1 Å². The van der Waals surface area contributed by atoms with Crippen molar-refractivity contribution in [3.05, 3.63) is 108 Å². The molecule has 0 bridgehead atoms. The number of hydrogen-bond acceptors (Lipinski definition) is 4. The highest BCUT2D eigenvalue weighted by Gasteiger charge is 2.27. The van der Waals surface area contributed by atoms with Crippen molar-refractivity contribution in [2.45, 2.75) is 51.3 Å². The number of carbonyl (C=O) groups is 1. The average molecular weight is 446 g/mol. The molecule has 0 unspecified atom stereocenters. The summed E-state index contributed by atoms with van der Waals surface area (Å²) in [4.78, 5) is 15.1. The van der Waals surface area contributed by atoms with Gasteiger partial charge in [0.15, 0.2) is 0 Å². The number of aliphatic hydroxyl groups is 1. The van der Waals surface area contributed by atoms with E-state index in [0.717, 1.165) is 16.7 Å². The summed E-state index contributed by atoms with van der Waals surface area (Å²) in [5.41, 5.74) is 2.78. The van der Waals surface area contributed by atoms with Gasteiger partial charge in [0.1, 0.15) is 5.60 Å². The second-order valence-corrected chi connectivity index (χ2v) is 9.42. The predicted octanol–water partition coefficient (Wildman–Crippen LogP) is 5.74. The summed E-state index contributed by atoms with van der Waals surface area (Å²) in [7, 11) is 0. The molecule has 1 N–H and O–H groups in total. The SMILES string of the molecule is CC(C)(C)OC(=O)C[C@@H](CN(Cc1ccccc1)[C@@H](CO)c1ccccc1)c1ccccc1. The van der Waals surface area contributed by atoms with Crippen LogP contribution in [0.2, 0.25) is 0 Å². The van der Waals surface area contributed by atoms with E-state index in [9.17, 15) is 9.90 Å². The first-order valence-corrected chi connectivity index (χ1v) is 11.6. The summed E-state index contributed by atoms with van der Waals surface area (Å²) in [6.45, 7) is 6.94. The fourth-order valence-corrected chi connectivity index (χ4v) is 4.11. The van der Waals surface area contributed by atoms with Gasteiger partial charge in [-0.05, 0) is 37.5 Å². The minimum absolute atomic E-state index is 0.00913. The maximum atomic E-state index is 12.8. The van der Waals surface area contributed by atoms with E-state index in [0.29, 0.717) is 13.1 Å². The van der Waals surface area contributed by atoms with Gasteiger partial charge in [0.25, 0.3) is 0 Å². The Hall–Kier alpha value is -2.95. The maximum Gasteiger partial charge on any atom is 0.306 e. The van der Waals surface area contributed by atoms with Crippen molar-refractivity contribution in [2.75, 3.05) is 13.2 Å². The molecule has 0 aliphatic carbocycles. The van der Waals surface area contributed by atoms with Crippen LogP contribution in [-0.4, -0.2) is 34.7 Å². The van der Waals surface area contributed by atoms with Crippen LogP contribution in [0.1, 0.15) is 55.8 Å². The summed E-state index contributed by atoms with van der Waals surface area (Å²) in [5, 5.41) is 10.4. The van der Waals surface area contributed by atoms with Gasteiger partial charge in [0, 0.05) is 19.0 Å². The molecule has 0 heterocycles. The largest absolute Gasteiger partial charge is 0.460 e. The van der Waals surface area contributed by atoms with E-state index < -0.39 is 5.60 Å². The van der Waals surface area contributed by atoms with Crippen molar-refractivity contribution < 1.29 is 14.6 Å². The highest BCUT2D eigenvalue weighted by molar-refractivity contribution is 5.71. The second-order valence-electron chi connectivity index (χ2n) is 9.42. The Balaban J connectivity index is 1.92. The molecule has 2 atom stereocenters. The molecule has 3 rings (SSSR count). The zero-order valence-corrected chi connectivity index (χ0v) is 19.9. The van der Waals surface area contributed by atoms with Crippen LogP contribution in [0.3, 0.4) is 0 Å². The average Bonchev–Trinajstić information content (AvgIpc) is 2.80. The zero-order valence-electron chi connectivity index (χ0n) is 19.9. The summed E-state index contributed by atoms with van der Waals surface area (Å²) in [6.07, 6.45) is 0.277. The fourth-order valence-electron chi connectivity index (χ4n) is 4.11. The number of esters is 1. The van der Waals surface area contributed by atoms with Crippen LogP contribution >= 0.6 is 0 Å². The molecule has 0 aromatic heterocycles. The van der Waals surface area contributed by atoms with Crippen molar-refractivity contribution in [3.8, 4) is 0 Å². The van der Waals surface area contributed by atoms with E-state index in [-0.39, 0.29) is 31.0 Å². The van der Waals surface area contributed by atoms with Crippen LogP contribution in [0, 0.1) is 0 Å². The van der Waals surface area contributed by atoms with Crippen LogP contribution < -0.4 is 0 Å². The number of carbonyl (C=O) groups excluding carboxylic acids is 1. The third-order valence-electron chi connectivity index (χ3n) is 5.59. The quantitative estimate of drug-likeness (QED) is 0.405. The molecule has 174 valence electrons. The van der Waals surface area contributed by atoms with E-state index in [1.807, 2.05) is 87.5 Å². The summed E-state index contributed by atoms with van der Waals surface area (Å²) in [5.74, 6) is -0.279. The van der Waals surface area contributed by atoms with Gasteiger partial charge in [-0.25, -0.2) is 0 Å². The fraction of sp³-hybridized carbons (Fsp3) is 0.345. The molecule has 0 fully saturated rings. The molecule has 0 amide bonds. The Morgan fingerprint density at radius 1 is 0.848 bits per heavy atom. The molecular formula is C29H35NO3. The van der Waals surface area contributed by atoms with Crippen LogP contribution in [0.25, 0.3) is 0 Å². The van der Waals surface area contributed by atoms with Crippen molar-refractivity contribution in [1.82, 2.24) is 4.90 Å². The number of rotatable bonds is 10. The Bertz CT molecular complexity index is 968. The molecular weight excluding hydrogens is 410 g/mol. The van der Waals surface area contributed by atoms with Crippen molar-refractivity contribution in [3.63, 3.8) is 0 Å². The third kappa shape index (κ3) is 7.85. The topological polar surface area (TPSA) is 49.8 Å². The van der Waals surface area contributed by atoms with Gasteiger partial charge in [-0.1, -0.05) is 91.0 Å². The van der Waals surface area contributed by atoms with E-state index in [1.165, 1.54) is 0 Å². The van der Waals surface area contributed by atoms with Gasteiger partial charge in [-0.15, -0.1) is 0 Å². The van der Waals surface area contributed by atoms with Crippen LogP contribution in [0.15, 0.2) is 91.0 Å². The van der Waals surface area contributed by atoms with Gasteiger partial charge >= 0.3 is 5.97 Å². The second kappa shape index (κ2) is 11.8. The standard InChI is InChI=1S/C29H35NO3/c1-29(2,3)33-28(32)19-26(24-15-9-5-10-16-24)21-30(20-23-13-7-4-8-14-23)27(22-31)25-17-11-6-12-18-25/h4-18,26-27,31H,19-22H2,1-3H3/t26-,27-/m0/s1. The smallest absolute Gasteiger partial charge is 0.306 e. The normalized spacial score (nSPS) is 13.5. The van der Waals surface area contributed by atoms with Crippen LogP contribution in [-0.2, 0) is 16.1 Å². The van der Waals surface area contributed by atoms with Gasteiger partial charge in [-0.3, -0.25) is 9.69 Å². The minimum atomic E-state index is -0.528. The van der Waals surface area contributed by atoms with E-state index in [4.69, 9.17) is 4.74 Å². The lowest BCUT2D eigenvalue weighted by Crippen LogP contribution is -2.35. The first-order chi connectivity index (χ1) is 15.9. The summed E-state index contributed by atoms with van der Waals surface area (Å²) in [6, 6.07) is 30.2. The first-order valence-electron chi connectivity index (χ1n) is 11.6. The van der Waals surface area contributed by atoms with E-state index >= 15 is 0 Å². The third-order valence-corrected chi connectivity index (χ3v) is 5.59. The molecule has 33 heavy (non-hydrogen) atoms.